The van der Waals surface area contributed by atoms with E-state index in [1.807, 2.05) is 6.07 Å². The van der Waals surface area contributed by atoms with Crippen LogP contribution in [0.5, 0.6) is 5.75 Å². The van der Waals surface area contributed by atoms with Crippen molar-refractivity contribution in [2.24, 2.45) is 10.9 Å². The lowest BCUT2D eigenvalue weighted by Gasteiger charge is -2.08. The molecule has 2 aromatic carbocycles. The van der Waals surface area contributed by atoms with Crippen LogP contribution in [0.3, 0.4) is 0 Å². The van der Waals surface area contributed by atoms with Crippen molar-refractivity contribution in [2.45, 2.75) is 13.3 Å². The van der Waals surface area contributed by atoms with Gasteiger partial charge in [0.15, 0.2) is 5.84 Å². The fourth-order valence-electron chi connectivity index (χ4n) is 2.38. The molecule has 140 valence electrons. The molecule has 0 radical (unpaired) electrons. The lowest BCUT2D eigenvalue weighted by molar-refractivity contribution is -0.274. The van der Waals surface area contributed by atoms with Crippen molar-refractivity contribution in [2.75, 3.05) is 0 Å². The number of nitrogens with two attached hydrogens (primary N) is 1. The molecule has 0 saturated carbocycles. The molecule has 0 unspecified atom stereocenters. The van der Waals surface area contributed by atoms with Gasteiger partial charge < -0.3 is 19.7 Å². The van der Waals surface area contributed by atoms with Gasteiger partial charge in [-0.15, -0.1) is 13.2 Å². The van der Waals surface area contributed by atoms with Crippen LogP contribution in [-0.4, -0.2) is 18.2 Å². The van der Waals surface area contributed by atoms with Gasteiger partial charge in [-0.25, -0.2) is 4.79 Å². The normalized spacial score (nSPS) is 12.2. The predicted octanol–water partition coefficient (Wildman–Crippen LogP) is 4.12. The van der Waals surface area contributed by atoms with E-state index in [4.69, 9.17) is 15.0 Å². The van der Waals surface area contributed by atoms with Gasteiger partial charge in [0, 0.05) is 16.5 Å². The third-order valence-electron chi connectivity index (χ3n) is 3.64. The van der Waals surface area contributed by atoms with Gasteiger partial charge in [0.1, 0.15) is 11.3 Å². The molecular weight excluding hydrogens is 365 g/mol. The molecule has 0 aliphatic rings. The predicted molar refractivity (Wildman–Crippen MR) is 90.2 cm³/mol. The maximum atomic E-state index is 12.2. The summed E-state index contributed by atoms with van der Waals surface area (Å²) in [5.41, 5.74) is 7.06. The van der Waals surface area contributed by atoms with Crippen molar-refractivity contribution < 1.29 is 32.0 Å². The number of para-hydroxylation sites is 1. The van der Waals surface area contributed by atoms with E-state index in [1.165, 1.54) is 12.1 Å². The second-order valence-electron chi connectivity index (χ2n) is 5.48. The van der Waals surface area contributed by atoms with Gasteiger partial charge in [-0.3, -0.25) is 0 Å². The molecule has 0 aliphatic carbocycles. The lowest BCUT2D eigenvalue weighted by Crippen LogP contribution is -2.18. The third-order valence-corrected chi connectivity index (χ3v) is 3.64. The number of fused-ring (bicyclic) bond motifs is 1. The molecule has 0 aliphatic heterocycles. The fraction of sp³-hybridized carbons (Fsp3) is 0.111. The minimum absolute atomic E-state index is 0.0123. The molecule has 0 atom stereocenters. The molecule has 1 heterocycles. The Hall–Kier alpha value is -3.49. The summed E-state index contributed by atoms with van der Waals surface area (Å²) in [7, 11) is 0. The first-order chi connectivity index (χ1) is 12.7. The fourth-order valence-corrected chi connectivity index (χ4v) is 2.38. The van der Waals surface area contributed by atoms with Crippen LogP contribution in [0.4, 0.5) is 13.2 Å². The number of hydrogen-bond acceptors (Lipinski definition) is 5. The quantitative estimate of drug-likeness (QED) is 0.319. The molecule has 1 aromatic heterocycles. The highest BCUT2D eigenvalue weighted by Crippen LogP contribution is 2.26. The summed E-state index contributed by atoms with van der Waals surface area (Å²) in [5.74, 6) is -1.46. The highest BCUT2D eigenvalue weighted by molar-refractivity contribution is 5.99. The van der Waals surface area contributed by atoms with Crippen molar-refractivity contribution in [3.63, 3.8) is 0 Å². The Morgan fingerprint density at radius 3 is 2.41 bits per heavy atom. The largest absolute Gasteiger partial charge is 0.573 e. The Labute approximate surface area is 150 Å². The van der Waals surface area contributed by atoms with Crippen LogP contribution in [0.25, 0.3) is 11.0 Å². The topological polar surface area (TPSA) is 87.0 Å². The van der Waals surface area contributed by atoms with E-state index in [2.05, 4.69) is 9.89 Å². The summed E-state index contributed by atoms with van der Waals surface area (Å²) in [4.78, 5) is 16.9. The number of alkyl halides is 3. The Morgan fingerprint density at radius 2 is 1.78 bits per heavy atom. The molecule has 27 heavy (non-hydrogen) atoms. The number of halogens is 3. The number of aryl methyl sites for hydroxylation is 1. The number of nitrogens with zero attached hydrogens (tertiary/aromatic N) is 1. The van der Waals surface area contributed by atoms with E-state index >= 15 is 0 Å². The number of benzene rings is 2. The van der Waals surface area contributed by atoms with Crippen LogP contribution < -0.4 is 10.5 Å². The van der Waals surface area contributed by atoms with Gasteiger partial charge in [0.05, 0.1) is 0 Å². The zero-order chi connectivity index (χ0) is 19.6. The first kappa shape index (κ1) is 18.3. The molecule has 3 rings (SSSR count). The number of carbonyl (C=O) groups excluding carboxylic acids is 1. The van der Waals surface area contributed by atoms with E-state index in [0.29, 0.717) is 11.1 Å². The molecule has 0 bridgehead atoms. The molecule has 9 heteroatoms. The molecule has 0 fully saturated rings. The SMILES string of the molecule is Cc1c(C(=O)O/N=C(/N)c2ccc(OC(F)(F)F)cc2)oc2ccccc12. The molecule has 0 spiro atoms. The van der Waals surface area contributed by atoms with Crippen LogP contribution in [0.15, 0.2) is 58.1 Å². The standard InChI is InChI=1S/C18H13F3N2O4/c1-10-13-4-2-3-5-14(13)25-15(10)17(24)27-23-16(22)11-6-8-12(9-7-11)26-18(19,20)21/h2-9H,1H3,(H2,22,23). The van der Waals surface area contributed by atoms with Crippen LogP contribution in [-0.2, 0) is 4.84 Å². The maximum absolute atomic E-state index is 12.2. The zero-order valence-corrected chi connectivity index (χ0v) is 13.9. The van der Waals surface area contributed by atoms with Crippen LogP contribution >= 0.6 is 0 Å². The van der Waals surface area contributed by atoms with Gasteiger partial charge in [0.2, 0.25) is 5.76 Å². The number of amidine groups is 1. The van der Waals surface area contributed by atoms with Crippen LogP contribution in [0.1, 0.15) is 21.7 Å². The number of ether oxygens (including phenoxy) is 1. The smallest absolute Gasteiger partial charge is 0.449 e. The molecular formula is C18H13F3N2O4. The van der Waals surface area contributed by atoms with Gasteiger partial charge >= 0.3 is 12.3 Å². The second kappa shape index (κ2) is 7.02. The average molecular weight is 378 g/mol. The van der Waals surface area contributed by atoms with Crippen molar-refractivity contribution in [1.29, 1.82) is 0 Å². The molecule has 3 aromatic rings. The summed E-state index contributed by atoms with van der Waals surface area (Å²) in [5, 5.41) is 4.27. The van der Waals surface area contributed by atoms with Gasteiger partial charge in [0.25, 0.3) is 0 Å². The summed E-state index contributed by atoms with van der Waals surface area (Å²) in [6, 6.07) is 11.7. The third kappa shape index (κ3) is 4.20. The van der Waals surface area contributed by atoms with Gasteiger partial charge in [-0.05, 0) is 37.3 Å². The molecule has 6 nitrogen and oxygen atoms in total. The van der Waals surface area contributed by atoms with E-state index in [1.54, 1.807) is 25.1 Å². The molecule has 2 N–H and O–H groups in total. The van der Waals surface area contributed by atoms with Gasteiger partial charge in [-0.1, -0.05) is 23.4 Å². The highest BCUT2D eigenvalue weighted by atomic mass is 19.4. The number of oxime groups is 1. The number of rotatable bonds is 4. The lowest BCUT2D eigenvalue weighted by atomic mass is 10.1. The summed E-state index contributed by atoms with van der Waals surface area (Å²) in [6.07, 6.45) is -4.79. The first-order valence-electron chi connectivity index (χ1n) is 7.64. The van der Waals surface area contributed by atoms with E-state index in [0.717, 1.165) is 17.5 Å². The van der Waals surface area contributed by atoms with E-state index in [-0.39, 0.29) is 17.2 Å². The summed E-state index contributed by atoms with van der Waals surface area (Å²) >= 11 is 0. The Morgan fingerprint density at radius 1 is 1.11 bits per heavy atom. The summed E-state index contributed by atoms with van der Waals surface area (Å²) < 4.78 is 45.6. The minimum atomic E-state index is -4.79. The zero-order valence-electron chi connectivity index (χ0n) is 13.9. The van der Waals surface area contributed by atoms with Gasteiger partial charge in [-0.2, -0.15) is 0 Å². The van der Waals surface area contributed by atoms with Crippen molar-refractivity contribution in [3.05, 3.63) is 65.4 Å². The second-order valence-corrected chi connectivity index (χ2v) is 5.48. The maximum Gasteiger partial charge on any atom is 0.573 e. The minimum Gasteiger partial charge on any atom is -0.449 e. The number of hydrogen-bond donors (Lipinski definition) is 1. The van der Waals surface area contributed by atoms with Crippen molar-refractivity contribution in [3.8, 4) is 5.75 Å². The van der Waals surface area contributed by atoms with Crippen molar-refractivity contribution in [1.82, 2.24) is 0 Å². The first-order valence-corrected chi connectivity index (χ1v) is 7.64. The van der Waals surface area contributed by atoms with Crippen molar-refractivity contribution >= 4 is 22.8 Å². The monoisotopic (exact) mass is 378 g/mol. The molecule has 0 saturated heterocycles. The number of carbonyl (C=O) groups is 1. The Balaban J connectivity index is 1.72. The average Bonchev–Trinajstić information content (AvgIpc) is 2.96. The Kier molecular flexibility index (Phi) is 4.76. The van der Waals surface area contributed by atoms with Crippen LogP contribution in [0, 0.1) is 6.92 Å². The Bertz CT molecular complexity index is 1010. The van der Waals surface area contributed by atoms with E-state index in [9.17, 15) is 18.0 Å². The summed E-state index contributed by atoms with van der Waals surface area (Å²) in [6.45, 7) is 1.70. The van der Waals surface area contributed by atoms with E-state index < -0.39 is 18.1 Å². The highest BCUT2D eigenvalue weighted by Gasteiger charge is 2.31. The number of furan rings is 1. The van der Waals surface area contributed by atoms with Crippen LogP contribution in [0.2, 0.25) is 0 Å². The molecule has 0 amide bonds.